The maximum absolute atomic E-state index is 10.6. The number of unbranched alkanes of at least 4 members (excludes halogenated alkanes) is 10. The number of hydrogen-bond acceptors (Lipinski definition) is 3. The van der Waals surface area contributed by atoms with Gasteiger partial charge in [-0.3, -0.25) is 0 Å². The number of hydrogen-bond donors (Lipinski definition) is 0. The minimum absolute atomic E-state index is 0. The van der Waals surface area contributed by atoms with E-state index in [2.05, 4.69) is 13.5 Å². The van der Waals surface area contributed by atoms with E-state index in [4.69, 9.17) is 4.74 Å². The van der Waals surface area contributed by atoms with Crippen molar-refractivity contribution in [3.8, 4) is 5.75 Å². The van der Waals surface area contributed by atoms with Gasteiger partial charge in [-0.05, 0) is 56.2 Å². The molecule has 0 N–H and O–H groups in total. The van der Waals surface area contributed by atoms with Crippen LogP contribution in [0.15, 0.2) is 30.8 Å². The van der Waals surface area contributed by atoms with Crippen molar-refractivity contribution in [3.63, 3.8) is 0 Å². The SMILES string of the molecule is C=Cc1ccc(OC(CCCCCCCCCCCC)CCCCC(=O)[O-])cc1.[Na+]. The van der Waals surface area contributed by atoms with Crippen LogP contribution in [0.5, 0.6) is 5.75 Å². The summed E-state index contributed by atoms with van der Waals surface area (Å²) in [6.07, 6.45) is 18.9. The fraction of sp³-hybridized carbons (Fsp3) is 0.654. The van der Waals surface area contributed by atoms with Crippen molar-refractivity contribution in [2.45, 2.75) is 109 Å². The van der Waals surface area contributed by atoms with Gasteiger partial charge in [-0.25, -0.2) is 0 Å². The standard InChI is InChI=1S/C26H42O3.Na/c1-3-5-6-7-8-9-10-11-12-13-16-24(17-14-15-18-26(27)28)29-25-21-19-23(4-2)20-22-25;/h4,19-22,24H,2-3,5-18H2,1H3,(H,27,28);/q;+1/p-1. The number of aliphatic carboxylic acids is 1. The molecule has 0 saturated carbocycles. The minimum atomic E-state index is -0.961. The largest absolute Gasteiger partial charge is 1.00 e. The molecule has 0 heterocycles. The van der Waals surface area contributed by atoms with Gasteiger partial charge in [-0.1, -0.05) is 89.5 Å². The van der Waals surface area contributed by atoms with E-state index in [-0.39, 0.29) is 42.1 Å². The van der Waals surface area contributed by atoms with E-state index < -0.39 is 5.97 Å². The van der Waals surface area contributed by atoms with Gasteiger partial charge in [0.2, 0.25) is 0 Å². The maximum Gasteiger partial charge on any atom is 1.00 e. The predicted octanol–water partition coefficient (Wildman–Crippen LogP) is 3.70. The Kier molecular flexibility index (Phi) is 19.6. The molecule has 0 aliphatic rings. The second-order valence-electron chi connectivity index (χ2n) is 8.10. The molecule has 1 unspecified atom stereocenters. The van der Waals surface area contributed by atoms with Crippen LogP contribution in [0, 0.1) is 0 Å². The summed E-state index contributed by atoms with van der Waals surface area (Å²) in [5.41, 5.74) is 1.08. The van der Waals surface area contributed by atoms with Crippen LogP contribution in [-0.2, 0) is 4.79 Å². The Morgan fingerprint density at radius 2 is 1.40 bits per heavy atom. The van der Waals surface area contributed by atoms with Crippen LogP contribution in [0.4, 0.5) is 0 Å². The number of carboxylic acids is 1. The molecule has 0 aliphatic carbocycles. The fourth-order valence-corrected chi connectivity index (χ4v) is 3.64. The van der Waals surface area contributed by atoms with E-state index in [1.807, 2.05) is 30.3 Å². The summed E-state index contributed by atoms with van der Waals surface area (Å²) in [7, 11) is 0. The molecule has 3 nitrogen and oxygen atoms in total. The summed E-state index contributed by atoms with van der Waals surface area (Å²) >= 11 is 0. The van der Waals surface area contributed by atoms with Crippen molar-refractivity contribution < 1.29 is 44.2 Å². The molecule has 0 aliphatic heterocycles. The van der Waals surface area contributed by atoms with Gasteiger partial charge in [0.15, 0.2) is 0 Å². The second kappa shape index (κ2) is 20.2. The van der Waals surface area contributed by atoms with Gasteiger partial charge in [0.05, 0.1) is 6.10 Å². The molecule has 1 rings (SSSR count). The van der Waals surface area contributed by atoms with Gasteiger partial charge in [0, 0.05) is 5.97 Å². The Bertz CT molecular complexity index is 542. The molecule has 0 saturated heterocycles. The molecule has 0 radical (unpaired) electrons. The van der Waals surface area contributed by atoms with Gasteiger partial charge in [0.25, 0.3) is 0 Å². The van der Waals surface area contributed by atoms with E-state index in [1.54, 1.807) is 0 Å². The summed E-state index contributed by atoms with van der Waals surface area (Å²) in [4.78, 5) is 10.6. The van der Waals surface area contributed by atoms with Gasteiger partial charge in [-0.2, -0.15) is 0 Å². The first-order valence-corrected chi connectivity index (χ1v) is 11.7. The van der Waals surface area contributed by atoms with Crippen molar-refractivity contribution >= 4 is 12.0 Å². The number of carbonyl (C=O) groups excluding carboxylic acids is 1. The van der Waals surface area contributed by atoms with E-state index in [0.29, 0.717) is 6.42 Å². The van der Waals surface area contributed by atoms with Crippen LogP contribution in [0.25, 0.3) is 6.08 Å². The van der Waals surface area contributed by atoms with E-state index in [9.17, 15) is 9.90 Å². The molecule has 4 heteroatoms. The molecule has 0 fully saturated rings. The number of benzene rings is 1. The first kappa shape index (κ1) is 29.2. The van der Waals surface area contributed by atoms with Crippen LogP contribution < -0.4 is 39.4 Å². The Labute approximate surface area is 207 Å². The third-order valence-corrected chi connectivity index (χ3v) is 5.46. The van der Waals surface area contributed by atoms with E-state index >= 15 is 0 Å². The molecule has 1 aromatic rings. The molecule has 1 atom stereocenters. The van der Waals surface area contributed by atoms with Crippen LogP contribution >= 0.6 is 0 Å². The average molecular weight is 425 g/mol. The van der Waals surface area contributed by atoms with Crippen molar-refractivity contribution in [1.29, 1.82) is 0 Å². The Hall–Kier alpha value is -0.770. The first-order chi connectivity index (χ1) is 14.2. The third-order valence-electron chi connectivity index (χ3n) is 5.46. The van der Waals surface area contributed by atoms with Gasteiger partial charge < -0.3 is 14.6 Å². The summed E-state index contributed by atoms with van der Waals surface area (Å²) in [6.45, 7) is 6.04. The average Bonchev–Trinajstić information content (AvgIpc) is 2.72. The topological polar surface area (TPSA) is 49.4 Å². The third kappa shape index (κ3) is 16.0. The van der Waals surface area contributed by atoms with Crippen LogP contribution in [0.1, 0.15) is 109 Å². The Morgan fingerprint density at radius 1 is 0.900 bits per heavy atom. The van der Waals surface area contributed by atoms with Crippen molar-refractivity contribution in [2.24, 2.45) is 0 Å². The molecule has 0 bridgehead atoms. The quantitative estimate of drug-likeness (QED) is 0.251. The summed E-state index contributed by atoms with van der Waals surface area (Å²) in [5, 5.41) is 10.6. The zero-order valence-corrected chi connectivity index (χ0v) is 21.5. The molecular weight excluding hydrogens is 383 g/mol. The molecule has 0 spiro atoms. The zero-order chi connectivity index (χ0) is 21.2. The number of carbonyl (C=O) groups is 1. The van der Waals surface area contributed by atoms with Crippen LogP contribution in [0.2, 0.25) is 0 Å². The molecule has 1 aromatic carbocycles. The molecule has 0 aromatic heterocycles. The fourth-order valence-electron chi connectivity index (χ4n) is 3.64. The van der Waals surface area contributed by atoms with Crippen molar-refractivity contribution in [2.75, 3.05) is 0 Å². The minimum Gasteiger partial charge on any atom is -0.550 e. The first-order valence-electron chi connectivity index (χ1n) is 11.7. The van der Waals surface area contributed by atoms with Crippen LogP contribution in [0.3, 0.4) is 0 Å². The number of rotatable bonds is 19. The van der Waals surface area contributed by atoms with E-state index in [1.165, 1.54) is 64.2 Å². The van der Waals surface area contributed by atoms with Crippen molar-refractivity contribution in [3.05, 3.63) is 36.4 Å². The van der Waals surface area contributed by atoms with Crippen LogP contribution in [-0.4, -0.2) is 12.1 Å². The van der Waals surface area contributed by atoms with Gasteiger partial charge in [-0.15, -0.1) is 0 Å². The number of ether oxygens (including phenoxy) is 1. The molecule has 30 heavy (non-hydrogen) atoms. The second-order valence-corrected chi connectivity index (χ2v) is 8.10. The Balaban J connectivity index is 0.00000841. The summed E-state index contributed by atoms with van der Waals surface area (Å²) in [6, 6.07) is 8.00. The number of carboxylic acid groups (broad SMARTS) is 1. The summed E-state index contributed by atoms with van der Waals surface area (Å²) < 4.78 is 6.21. The normalized spacial score (nSPS) is 11.5. The Morgan fingerprint density at radius 3 is 1.90 bits per heavy atom. The van der Waals surface area contributed by atoms with Gasteiger partial charge in [0.1, 0.15) is 5.75 Å². The van der Waals surface area contributed by atoms with Crippen molar-refractivity contribution in [1.82, 2.24) is 0 Å². The molecular formula is C26H41NaO3. The maximum atomic E-state index is 10.6. The monoisotopic (exact) mass is 424 g/mol. The molecule has 164 valence electrons. The smallest absolute Gasteiger partial charge is 0.550 e. The molecule has 0 amide bonds. The zero-order valence-electron chi connectivity index (χ0n) is 19.5. The van der Waals surface area contributed by atoms with E-state index in [0.717, 1.165) is 30.6 Å². The van der Waals surface area contributed by atoms with Gasteiger partial charge >= 0.3 is 29.6 Å². The predicted molar refractivity (Wildman–Crippen MR) is 121 cm³/mol. The summed E-state index contributed by atoms with van der Waals surface area (Å²) in [5.74, 6) is -0.0789.